The highest BCUT2D eigenvalue weighted by Gasteiger charge is 2.09. The zero-order valence-corrected chi connectivity index (χ0v) is 11.9. The first-order valence-corrected chi connectivity index (χ1v) is 7.00. The normalized spacial score (nSPS) is 12.4. The SMILES string of the molecule is Cc1cccc(NCC(O)c2ccc(Br)s2)c1. The zero-order chi connectivity index (χ0) is 12.3. The Bertz CT molecular complexity index is 498. The van der Waals surface area contributed by atoms with Crippen molar-refractivity contribution in [2.24, 2.45) is 0 Å². The molecule has 1 aromatic carbocycles. The largest absolute Gasteiger partial charge is 0.386 e. The third kappa shape index (κ3) is 3.56. The Morgan fingerprint density at radius 2 is 2.18 bits per heavy atom. The van der Waals surface area contributed by atoms with Gasteiger partial charge in [-0.15, -0.1) is 11.3 Å². The summed E-state index contributed by atoms with van der Waals surface area (Å²) in [5.74, 6) is 0. The van der Waals surface area contributed by atoms with E-state index in [2.05, 4.69) is 40.3 Å². The molecule has 0 aliphatic heterocycles. The first-order chi connectivity index (χ1) is 8.15. The van der Waals surface area contributed by atoms with E-state index >= 15 is 0 Å². The van der Waals surface area contributed by atoms with Gasteiger partial charge < -0.3 is 10.4 Å². The van der Waals surface area contributed by atoms with Gasteiger partial charge in [0.2, 0.25) is 0 Å². The highest BCUT2D eigenvalue weighted by molar-refractivity contribution is 9.11. The van der Waals surface area contributed by atoms with Gasteiger partial charge in [-0.05, 0) is 52.7 Å². The number of thiophene rings is 1. The second kappa shape index (κ2) is 5.67. The molecule has 1 unspecified atom stereocenters. The van der Waals surface area contributed by atoms with Crippen LogP contribution >= 0.6 is 27.3 Å². The van der Waals surface area contributed by atoms with Gasteiger partial charge in [0.05, 0.1) is 3.79 Å². The van der Waals surface area contributed by atoms with E-state index in [4.69, 9.17) is 0 Å². The molecule has 0 radical (unpaired) electrons. The predicted molar refractivity (Wildman–Crippen MR) is 76.6 cm³/mol. The van der Waals surface area contributed by atoms with Crippen molar-refractivity contribution < 1.29 is 5.11 Å². The number of aliphatic hydroxyl groups is 1. The highest BCUT2D eigenvalue weighted by atomic mass is 79.9. The van der Waals surface area contributed by atoms with Crippen LogP contribution in [0.15, 0.2) is 40.2 Å². The van der Waals surface area contributed by atoms with Crippen molar-refractivity contribution in [3.05, 3.63) is 50.6 Å². The van der Waals surface area contributed by atoms with Crippen LogP contribution in [0.4, 0.5) is 5.69 Å². The molecule has 0 amide bonds. The summed E-state index contributed by atoms with van der Waals surface area (Å²) in [6.45, 7) is 2.58. The average molecular weight is 312 g/mol. The van der Waals surface area contributed by atoms with Crippen LogP contribution in [-0.2, 0) is 0 Å². The molecule has 2 N–H and O–H groups in total. The minimum Gasteiger partial charge on any atom is -0.386 e. The van der Waals surface area contributed by atoms with Gasteiger partial charge in [0.1, 0.15) is 6.10 Å². The minimum absolute atomic E-state index is 0.466. The summed E-state index contributed by atoms with van der Waals surface area (Å²) in [7, 11) is 0. The molecular formula is C13H14BrNOS. The minimum atomic E-state index is -0.466. The second-order valence-corrected chi connectivity index (χ2v) is 6.40. The van der Waals surface area contributed by atoms with Crippen LogP contribution in [0.2, 0.25) is 0 Å². The Kier molecular flexibility index (Phi) is 4.20. The van der Waals surface area contributed by atoms with Crippen molar-refractivity contribution in [3.8, 4) is 0 Å². The molecule has 2 rings (SSSR count). The van der Waals surface area contributed by atoms with Gasteiger partial charge in [0.15, 0.2) is 0 Å². The van der Waals surface area contributed by atoms with Crippen molar-refractivity contribution >= 4 is 33.0 Å². The van der Waals surface area contributed by atoms with E-state index in [1.54, 1.807) is 11.3 Å². The fourth-order valence-electron chi connectivity index (χ4n) is 1.58. The Morgan fingerprint density at radius 1 is 1.35 bits per heavy atom. The Balaban J connectivity index is 1.94. The topological polar surface area (TPSA) is 32.3 Å². The summed E-state index contributed by atoms with van der Waals surface area (Å²) in [5, 5.41) is 13.2. The number of hydrogen-bond donors (Lipinski definition) is 2. The maximum atomic E-state index is 9.99. The summed E-state index contributed by atoms with van der Waals surface area (Å²) in [6.07, 6.45) is -0.466. The third-order valence-corrected chi connectivity index (χ3v) is 4.16. The van der Waals surface area contributed by atoms with Gasteiger partial charge in [-0.2, -0.15) is 0 Å². The summed E-state index contributed by atoms with van der Waals surface area (Å²) in [5.41, 5.74) is 2.25. The van der Waals surface area contributed by atoms with Crippen LogP contribution in [0, 0.1) is 6.92 Å². The molecule has 2 aromatic rings. The van der Waals surface area contributed by atoms with Crippen LogP contribution in [-0.4, -0.2) is 11.7 Å². The Labute approximate surface area is 113 Å². The Hall–Kier alpha value is -0.840. The van der Waals surface area contributed by atoms with Crippen LogP contribution in [0.5, 0.6) is 0 Å². The van der Waals surface area contributed by atoms with Crippen LogP contribution in [0.25, 0.3) is 0 Å². The monoisotopic (exact) mass is 311 g/mol. The lowest BCUT2D eigenvalue weighted by atomic mass is 10.2. The first kappa shape index (κ1) is 12.6. The molecule has 0 spiro atoms. The number of rotatable bonds is 4. The van der Waals surface area contributed by atoms with E-state index in [0.29, 0.717) is 6.54 Å². The number of nitrogens with one attached hydrogen (secondary N) is 1. The van der Waals surface area contributed by atoms with Gasteiger partial charge in [-0.3, -0.25) is 0 Å². The Morgan fingerprint density at radius 3 is 2.82 bits per heavy atom. The quantitative estimate of drug-likeness (QED) is 0.895. The van der Waals surface area contributed by atoms with E-state index in [1.807, 2.05) is 24.3 Å². The van der Waals surface area contributed by atoms with Crippen molar-refractivity contribution in [3.63, 3.8) is 0 Å². The molecule has 0 fully saturated rings. The van der Waals surface area contributed by atoms with Gasteiger partial charge in [-0.1, -0.05) is 12.1 Å². The molecule has 1 heterocycles. The fraction of sp³-hybridized carbons (Fsp3) is 0.231. The number of halogens is 1. The molecule has 0 bridgehead atoms. The molecular weight excluding hydrogens is 298 g/mol. The lowest BCUT2D eigenvalue weighted by molar-refractivity contribution is 0.195. The van der Waals surface area contributed by atoms with Gasteiger partial charge in [-0.25, -0.2) is 0 Å². The molecule has 90 valence electrons. The fourth-order valence-corrected chi connectivity index (χ4v) is 2.99. The molecule has 0 saturated heterocycles. The summed E-state index contributed by atoms with van der Waals surface area (Å²) in [4.78, 5) is 0.969. The number of aryl methyl sites for hydroxylation is 1. The predicted octanol–water partition coefficient (Wildman–Crippen LogP) is 3.96. The second-order valence-electron chi connectivity index (χ2n) is 3.91. The molecule has 0 aliphatic rings. The molecule has 1 aromatic heterocycles. The van der Waals surface area contributed by atoms with E-state index in [0.717, 1.165) is 14.4 Å². The van der Waals surface area contributed by atoms with Gasteiger partial charge in [0.25, 0.3) is 0 Å². The van der Waals surface area contributed by atoms with E-state index < -0.39 is 6.10 Å². The van der Waals surface area contributed by atoms with Crippen molar-refractivity contribution in [1.82, 2.24) is 0 Å². The highest BCUT2D eigenvalue weighted by Crippen LogP contribution is 2.27. The molecule has 17 heavy (non-hydrogen) atoms. The number of hydrogen-bond acceptors (Lipinski definition) is 3. The van der Waals surface area contributed by atoms with Gasteiger partial charge in [0, 0.05) is 17.1 Å². The zero-order valence-electron chi connectivity index (χ0n) is 9.48. The van der Waals surface area contributed by atoms with Crippen LogP contribution in [0.1, 0.15) is 16.5 Å². The standard InChI is InChI=1S/C13H14BrNOS/c1-9-3-2-4-10(7-9)15-8-11(16)12-5-6-13(14)17-12/h2-7,11,15-16H,8H2,1H3. The van der Waals surface area contributed by atoms with E-state index in [-0.39, 0.29) is 0 Å². The lowest BCUT2D eigenvalue weighted by Crippen LogP contribution is -2.10. The average Bonchev–Trinajstić information content (AvgIpc) is 2.73. The summed E-state index contributed by atoms with van der Waals surface area (Å²) >= 11 is 4.95. The molecule has 1 atom stereocenters. The van der Waals surface area contributed by atoms with E-state index in [1.165, 1.54) is 5.56 Å². The number of anilines is 1. The van der Waals surface area contributed by atoms with Crippen molar-refractivity contribution in [1.29, 1.82) is 0 Å². The number of benzene rings is 1. The van der Waals surface area contributed by atoms with Gasteiger partial charge >= 0.3 is 0 Å². The molecule has 0 aliphatic carbocycles. The van der Waals surface area contributed by atoms with Crippen LogP contribution in [0.3, 0.4) is 0 Å². The van der Waals surface area contributed by atoms with E-state index in [9.17, 15) is 5.11 Å². The smallest absolute Gasteiger partial charge is 0.105 e. The maximum absolute atomic E-state index is 9.99. The third-order valence-electron chi connectivity index (χ3n) is 2.44. The van der Waals surface area contributed by atoms with Crippen molar-refractivity contribution in [2.45, 2.75) is 13.0 Å². The molecule has 4 heteroatoms. The van der Waals surface area contributed by atoms with Crippen molar-refractivity contribution in [2.75, 3.05) is 11.9 Å². The summed E-state index contributed by atoms with van der Waals surface area (Å²) in [6, 6.07) is 12.0. The molecule has 2 nitrogen and oxygen atoms in total. The number of aliphatic hydroxyl groups excluding tert-OH is 1. The lowest BCUT2D eigenvalue weighted by Gasteiger charge is -2.11. The van der Waals surface area contributed by atoms with Crippen LogP contribution < -0.4 is 5.32 Å². The molecule has 0 saturated carbocycles. The first-order valence-electron chi connectivity index (χ1n) is 5.39. The summed E-state index contributed by atoms with van der Waals surface area (Å²) < 4.78 is 1.04. The maximum Gasteiger partial charge on any atom is 0.105 e.